The van der Waals surface area contributed by atoms with Gasteiger partial charge in [-0.1, -0.05) is 61.5 Å². The fourth-order valence-corrected chi connectivity index (χ4v) is 4.38. The number of nitrogens with zero attached hydrogens (tertiary/aromatic N) is 1. The van der Waals surface area contributed by atoms with Gasteiger partial charge in [0.25, 0.3) is 11.7 Å². The van der Waals surface area contributed by atoms with E-state index in [4.69, 9.17) is 9.47 Å². The molecular formula is C28H29NO5. The standard InChI is InChI=1S/C28H29NO5/c1-3-17-34-21-14-12-20(13-15-21)25-24(27(31)28(32)29(25)16-7-18-33-2)26(30)23-11-6-9-19-8-4-5-10-22(19)23/h4-6,8-15,25,30H,3,7,16-18H2,1-2H3/b26-24-. The Labute approximate surface area is 199 Å². The second-order valence-corrected chi connectivity index (χ2v) is 8.28. The van der Waals surface area contributed by atoms with Gasteiger partial charge in [0.05, 0.1) is 18.2 Å². The molecular weight excluding hydrogens is 430 g/mol. The largest absolute Gasteiger partial charge is 0.507 e. The molecule has 0 saturated carbocycles. The van der Waals surface area contributed by atoms with Crippen LogP contribution in [0.5, 0.6) is 5.75 Å². The maximum Gasteiger partial charge on any atom is 0.295 e. The molecule has 3 aromatic rings. The zero-order chi connectivity index (χ0) is 24.1. The van der Waals surface area contributed by atoms with Crippen LogP contribution in [-0.4, -0.2) is 48.6 Å². The van der Waals surface area contributed by atoms with E-state index in [0.717, 1.165) is 28.5 Å². The van der Waals surface area contributed by atoms with Gasteiger partial charge in [-0.05, 0) is 41.3 Å². The fourth-order valence-electron chi connectivity index (χ4n) is 4.38. The summed E-state index contributed by atoms with van der Waals surface area (Å²) in [5.41, 5.74) is 1.36. The number of ketones is 1. The molecule has 6 heteroatoms. The molecule has 1 aliphatic heterocycles. The Balaban J connectivity index is 1.83. The van der Waals surface area contributed by atoms with Crippen molar-refractivity contribution in [3.8, 4) is 5.75 Å². The monoisotopic (exact) mass is 459 g/mol. The van der Waals surface area contributed by atoms with Gasteiger partial charge in [-0.25, -0.2) is 0 Å². The van der Waals surface area contributed by atoms with E-state index >= 15 is 0 Å². The van der Waals surface area contributed by atoms with Crippen molar-refractivity contribution >= 4 is 28.2 Å². The van der Waals surface area contributed by atoms with E-state index < -0.39 is 17.7 Å². The lowest BCUT2D eigenvalue weighted by Gasteiger charge is -2.25. The predicted octanol–water partition coefficient (Wildman–Crippen LogP) is 5.09. The minimum absolute atomic E-state index is 0.0981. The number of Topliss-reactive ketones (excluding diaryl/α,β-unsaturated/α-hetero) is 1. The van der Waals surface area contributed by atoms with Gasteiger partial charge in [-0.2, -0.15) is 0 Å². The summed E-state index contributed by atoms with van der Waals surface area (Å²) in [6.45, 7) is 3.44. The number of benzene rings is 3. The summed E-state index contributed by atoms with van der Waals surface area (Å²) >= 11 is 0. The molecule has 6 nitrogen and oxygen atoms in total. The van der Waals surface area contributed by atoms with Gasteiger partial charge >= 0.3 is 0 Å². The van der Waals surface area contributed by atoms with Crippen LogP contribution >= 0.6 is 0 Å². The molecule has 0 spiro atoms. The summed E-state index contributed by atoms with van der Waals surface area (Å²) in [6.07, 6.45) is 1.47. The summed E-state index contributed by atoms with van der Waals surface area (Å²) < 4.78 is 10.8. The molecule has 1 amide bonds. The van der Waals surface area contributed by atoms with Crippen molar-refractivity contribution in [2.24, 2.45) is 0 Å². The van der Waals surface area contributed by atoms with Crippen molar-refractivity contribution < 1.29 is 24.2 Å². The highest BCUT2D eigenvalue weighted by Gasteiger charge is 2.45. The molecule has 34 heavy (non-hydrogen) atoms. The van der Waals surface area contributed by atoms with Crippen molar-refractivity contribution in [3.63, 3.8) is 0 Å². The molecule has 3 aromatic carbocycles. The van der Waals surface area contributed by atoms with Gasteiger partial charge in [0.15, 0.2) is 0 Å². The summed E-state index contributed by atoms with van der Waals surface area (Å²) in [4.78, 5) is 27.8. The summed E-state index contributed by atoms with van der Waals surface area (Å²) in [5.74, 6) is -0.745. The van der Waals surface area contributed by atoms with E-state index in [-0.39, 0.29) is 11.3 Å². The molecule has 4 rings (SSSR count). The van der Waals surface area contributed by atoms with E-state index in [1.807, 2.05) is 67.6 Å². The number of carbonyl (C=O) groups is 2. The highest BCUT2D eigenvalue weighted by molar-refractivity contribution is 6.46. The number of amides is 1. The molecule has 1 N–H and O–H groups in total. The Bertz CT molecular complexity index is 1210. The van der Waals surface area contributed by atoms with Gasteiger partial charge in [-0.15, -0.1) is 0 Å². The molecule has 176 valence electrons. The van der Waals surface area contributed by atoms with Gasteiger partial charge in [0, 0.05) is 25.8 Å². The highest BCUT2D eigenvalue weighted by Crippen LogP contribution is 2.41. The number of hydrogen-bond acceptors (Lipinski definition) is 5. The SMILES string of the molecule is CCCOc1ccc(C2/C(=C(/O)c3cccc4ccccc34)C(=O)C(=O)N2CCCOC)cc1. The quantitative estimate of drug-likeness (QED) is 0.209. The zero-order valence-electron chi connectivity index (χ0n) is 19.5. The van der Waals surface area contributed by atoms with E-state index in [1.165, 1.54) is 4.90 Å². The Morgan fingerprint density at radius 1 is 0.971 bits per heavy atom. The smallest absolute Gasteiger partial charge is 0.295 e. The van der Waals surface area contributed by atoms with Crippen LogP contribution in [0.4, 0.5) is 0 Å². The third-order valence-electron chi connectivity index (χ3n) is 6.00. The second kappa shape index (κ2) is 10.5. The van der Waals surface area contributed by atoms with Gasteiger partial charge < -0.3 is 19.5 Å². The topological polar surface area (TPSA) is 76.1 Å². The number of methoxy groups -OCH3 is 1. The van der Waals surface area contributed by atoms with Crippen molar-refractivity contribution in [2.45, 2.75) is 25.8 Å². The molecule has 1 aliphatic rings. The van der Waals surface area contributed by atoms with Crippen LogP contribution in [0.1, 0.15) is 36.9 Å². The maximum atomic E-state index is 13.2. The average molecular weight is 460 g/mol. The lowest BCUT2D eigenvalue weighted by molar-refractivity contribution is -0.140. The highest BCUT2D eigenvalue weighted by atomic mass is 16.5. The summed E-state index contributed by atoms with van der Waals surface area (Å²) in [6, 6.07) is 19.9. The summed E-state index contributed by atoms with van der Waals surface area (Å²) in [5, 5.41) is 13.2. The van der Waals surface area contributed by atoms with Gasteiger partial charge in [-0.3, -0.25) is 9.59 Å². The van der Waals surface area contributed by atoms with Crippen molar-refractivity contribution in [3.05, 3.63) is 83.4 Å². The minimum atomic E-state index is -0.698. The fraction of sp³-hybridized carbons (Fsp3) is 0.286. The Kier molecular flexibility index (Phi) is 7.28. The minimum Gasteiger partial charge on any atom is -0.507 e. The molecule has 1 fully saturated rings. The number of aliphatic hydroxyl groups excluding tert-OH is 1. The third kappa shape index (κ3) is 4.54. The van der Waals surface area contributed by atoms with Crippen LogP contribution in [0.15, 0.2) is 72.3 Å². The van der Waals surface area contributed by atoms with Crippen LogP contribution in [0, 0.1) is 0 Å². The normalized spacial score (nSPS) is 17.5. The third-order valence-corrected chi connectivity index (χ3v) is 6.00. The first-order valence-corrected chi connectivity index (χ1v) is 11.5. The van der Waals surface area contributed by atoms with Crippen LogP contribution in [0.2, 0.25) is 0 Å². The maximum absolute atomic E-state index is 13.2. The van der Waals surface area contributed by atoms with Crippen molar-refractivity contribution in [1.29, 1.82) is 0 Å². The van der Waals surface area contributed by atoms with Crippen molar-refractivity contribution in [2.75, 3.05) is 26.9 Å². The molecule has 1 heterocycles. The molecule has 1 unspecified atom stereocenters. The van der Waals surface area contributed by atoms with E-state index in [0.29, 0.717) is 31.7 Å². The van der Waals surface area contributed by atoms with Crippen LogP contribution in [0.3, 0.4) is 0 Å². The number of likely N-dealkylation sites (tertiary alicyclic amines) is 1. The van der Waals surface area contributed by atoms with Crippen LogP contribution < -0.4 is 4.74 Å². The number of aliphatic hydroxyl groups is 1. The number of fused-ring (bicyclic) bond motifs is 1. The van der Waals surface area contributed by atoms with Crippen molar-refractivity contribution in [1.82, 2.24) is 4.90 Å². The number of hydrogen-bond donors (Lipinski definition) is 1. The predicted molar refractivity (Wildman–Crippen MR) is 132 cm³/mol. The Morgan fingerprint density at radius 3 is 2.44 bits per heavy atom. The molecule has 0 aromatic heterocycles. The van der Waals surface area contributed by atoms with E-state index in [1.54, 1.807) is 13.2 Å². The molecule has 0 aliphatic carbocycles. The number of carbonyl (C=O) groups excluding carboxylic acids is 2. The molecule has 1 atom stereocenters. The van der Waals surface area contributed by atoms with Gasteiger partial charge in [0.1, 0.15) is 11.5 Å². The van der Waals surface area contributed by atoms with Gasteiger partial charge in [0.2, 0.25) is 0 Å². The lowest BCUT2D eigenvalue weighted by Crippen LogP contribution is -2.31. The van der Waals surface area contributed by atoms with Crippen LogP contribution in [-0.2, 0) is 14.3 Å². The molecule has 0 bridgehead atoms. The Morgan fingerprint density at radius 2 is 1.71 bits per heavy atom. The first kappa shape index (κ1) is 23.5. The second-order valence-electron chi connectivity index (χ2n) is 8.28. The Hall–Kier alpha value is -3.64. The summed E-state index contributed by atoms with van der Waals surface area (Å²) in [7, 11) is 1.60. The first-order chi connectivity index (χ1) is 16.6. The van der Waals surface area contributed by atoms with E-state index in [2.05, 4.69) is 0 Å². The number of rotatable bonds is 9. The zero-order valence-corrected chi connectivity index (χ0v) is 19.5. The molecule has 0 radical (unpaired) electrons. The lowest BCUT2D eigenvalue weighted by atomic mass is 9.93. The number of ether oxygens (including phenoxy) is 2. The van der Waals surface area contributed by atoms with Crippen LogP contribution in [0.25, 0.3) is 16.5 Å². The van der Waals surface area contributed by atoms with E-state index in [9.17, 15) is 14.7 Å². The molecule has 1 saturated heterocycles. The first-order valence-electron chi connectivity index (χ1n) is 11.5. The average Bonchev–Trinajstić information content (AvgIpc) is 3.12.